The Morgan fingerprint density at radius 2 is 1.28 bits per heavy atom. The second-order valence-electron chi connectivity index (χ2n) is 17.2. The number of hydrogen-bond acceptors (Lipinski definition) is 15. The number of primary amides is 3. The Bertz CT molecular complexity index is 2010. The summed E-state index contributed by atoms with van der Waals surface area (Å²) in [5.41, 5.74) is 22.4. The van der Waals surface area contributed by atoms with E-state index < -0.39 is 145 Å². The van der Waals surface area contributed by atoms with Crippen molar-refractivity contribution in [3.63, 3.8) is 0 Å². The highest BCUT2D eigenvalue weighted by Crippen LogP contribution is 2.20. The third kappa shape index (κ3) is 19.8. The van der Waals surface area contributed by atoms with E-state index in [9.17, 15) is 57.8 Å². The Hall–Kier alpha value is -6.15. The third-order valence-electron chi connectivity index (χ3n) is 11.1. The van der Waals surface area contributed by atoms with Gasteiger partial charge >= 0.3 is 0 Å². The zero-order valence-electron chi connectivity index (χ0n) is 39.2. The summed E-state index contributed by atoms with van der Waals surface area (Å²) in [6.45, 7) is 6.61. The third-order valence-corrected chi connectivity index (χ3v) is 11.9. The molecular weight excluding hydrogens is 941 g/mol. The Labute approximate surface area is 411 Å². The van der Waals surface area contributed by atoms with E-state index in [4.69, 9.17) is 22.9 Å². The lowest BCUT2D eigenvalue weighted by atomic mass is 9.96. The van der Waals surface area contributed by atoms with Gasteiger partial charge in [-0.2, -0.15) is 25.3 Å². The molecule has 384 valence electrons. The highest BCUT2D eigenvalue weighted by atomic mass is 32.1. The lowest BCUT2D eigenvalue weighted by molar-refractivity contribution is -0.142. The number of amides is 11. The topological polar surface area (TPSA) is 400 Å². The number of nitrogens with one attached hydrogen (secondary N) is 7. The van der Waals surface area contributed by atoms with Gasteiger partial charge in [-0.05, 0) is 55.2 Å². The van der Waals surface area contributed by atoms with Gasteiger partial charge in [-0.15, -0.1) is 0 Å². The zero-order valence-corrected chi connectivity index (χ0v) is 40.9. The molecule has 0 aromatic heterocycles. The molecule has 0 aliphatic carbocycles. The van der Waals surface area contributed by atoms with Gasteiger partial charge in [-0.3, -0.25) is 52.7 Å². The number of phenolic OH excluding ortho intramolecular Hbond substituents is 1. The minimum Gasteiger partial charge on any atom is -0.508 e. The molecule has 0 bridgehead atoms. The van der Waals surface area contributed by atoms with E-state index in [1.54, 1.807) is 13.8 Å². The van der Waals surface area contributed by atoms with Gasteiger partial charge in [0.2, 0.25) is 65.0 Å². The summed E-state index contributed by atoms with van der Waals surface area (Å²) in [5, 5.41) is 27.2. The number of carbonyl (C=O) groups excluding carboxylic acids is 11. The fourth-order valence-electron chi connectivity index (χ4n) is 7.12. The Morgan fingerprint density at radius 3 is 1.83 bits per heavy atom. The van der Waals surface area contributed by atoms with Crippen molar-refractivity contribution in [3.05, 3.63) is 29.8 Å². The lowest BCUT2D eigenvalue weighted by Gasteiger charge is -2.30. The van der Waals surface area contributed by atoms with E-state index in [2.05, 4.69) is 62.5 Å². The first-order valence-electron chi connectivity index (χ1n) is 22.4. The van der Waals surface area contributed by atoms with Gasteiger partial charge in [-0.25, -0.2) is 0 Å². The van der Waals surface area contributed by atoms with E-state index in [0.717, 1.165) is 0 Å². The molecule has 24 nitrogen and oxygen atoms in total. The molecule has 11 amide bonds. The largest absolute Gasteiger partial charge is 0.508 e. The smallest absolute Gasteiger partial charge is 0.246 e. The molecule has 1 fully saturated rings. The van der Waals surface area contributed by atoms with Crippen LogP contribution in [0.5, 0.6) is 5.75 Å². The Kier molecular flexibility index (Phi) is 24.8. The van der Waals surface area contributed by atoms with Crippen molar-refractivity contribution in [2.45, 2.75) is 127 Å². The first-order chi connectivity index (χ1) is 32.4. The van der Waals surface area contributed by atoms with Gasteiger partial charge in [0.15, 0.2) is 0 Å². The van der Waals surface area contributed by atoms with Crippen LogP contribution in [0.2, 0.25) is 0 Å². The highest BCUT2D eigenvalue weighted by Gasteiger charge is 2.40. The first-order valence-corrected chi connectivity index (χ1v) is 23.7. The summed E-state index contributed by atoms with van der Waals surface area (Å²) >= 11 is 8.28. The van der Waals surface area contributed by atoms with Gasteiger partial charge in [0.1, 0.15) is 48.0 Å². The van der Waals surface area contributed by atoms with Crippen LogP contribution in [0.3, 0.4) is 0 Å². The van der Waals surface area contributed by atoms with Crippen molar-refractivity contribution in [1.82, 2.24) is 42.1 Å². The average Bonchev–Trinajstić information content (AvgIpc) is 3.79. The molecule has 1 saturated heterocycles. The Morgan fingerprint density at radius 1 is 0.696 bits per heavy atom. The van der Waals surface area contributed by atoms with E-state index in [1.807, 2.05) is 13.8 Å². The van der Waals surface area contributed by atoms with E-state index in [1.165, 1.54) is 29.2 Å². The highest BCUT2D eigenvalue weighted by molar-refractivity contribution is 7.80. The number of thiol groups is 2. The minimum atomic E-state index is -1.76. The van der Waals surface area contributed by atoms with E-state index in [0.29, 0.717) is 18.4 Å². The molecule has 1 aliphatic rings. The van der Waals surface area contributed by atoms with Crippen LogP contribution < -0.4 is 60.2 Å². The standard InChI is InChI=1S/C43H68N12O12S2/c1-5-22(4)35(54-40(64)28(50-36(60)25(44)19-68)16-23-8-10-24(56)11-9-23)42(66)49-26(12-13-32(45)57)38(62)51-29(17-33(46)58)39(63)53-30(20-69)43(67)55-14-6-7-31(55)41(65)52-27(15-21(2)3)37(61)48-18-34(47)59/h8-11,21-22,25-31,35,56,68-69H,5-7,12-20,44H2,1-4H3,(H2,45,57)(H2,46,58)(H2,47,59)(H,48,61)(H,49,66)(H,50,60)(H,51,62)(H,52,65)(H,53,63)(H,54,64)/t22-,25-,26+,27-,28-,29-,30-,31-,35-/m0/s1. The van der Waals surface area contributed by atoms with Crippen LogP contribution in [-0.2, 0) is 59.2 Å². The molecule has 9 atom stereocenters. The summed E-state index contributed by atoms with van der Waals surface area (Å²) in [7, 11) is 0. The van der Waals surface area contributed by atoms with E-state index in [-0.39, 0.29) is 49.0 Å². The minimum absolute atomic E-state index is 0.0424. The molecule has 26 heteroatoms. The molecule has 1 aromatic rings. The second kappa shape index (κ2) is 29.0. The summed E-state index contributed by atoms with van der Waals surface area (Å²) in [6.07, 6.45) is -0.672. The maximum atomic E-state index is 14.0. The summed E-state index contributed by atoms with van der Waals surface area (Å²) < 4.78 is 0. The zero-order chi connectivity index (χ0) is 52.1. The summed E-state index contributed by atoms with van der Waals surface area (Å²) in [6, 6.07) is -4.84. The quantitative estimate of drug-likeness (QED) is 0.0340. The van der Waals surface area contributed by atoms with Gasteiger partial charge in [0.05, 0.1) is 19.0 Å². The fourth-order valence-corrected chi connectivity index (χ4v) is 7.54. The monoisotopic (exact) mass is 1010 g/mol. The van der Waals surface area contributed by atoms with Crippen LogP contribution in [0.15, 0.2) is 24.3 Å². The van der Waals surface area contributed by atoms with Gasteiger partial charge in [0.25, 0.3) is 0 Å². The molecule has 2 rings (SSSR count). The Balaban J connectivity index is 2.34. The number of likely N-dealkylation sites (tertiary alicyclic amines) is 1. The molecular formula is C43H68N12O12S2. The van der Waals surface area contributed by atoms with Crippen molar-refractivity contribution in [2.75, 3.05) is 24.6 Å². The van der Waals surface area contributed by atoms with Crippen LogP contribution in [0.4, 0.5) is 0 Å². The first kappa shape index (κ1) is 59.0. The van der Waals surface area contributed by atoms with Crippen molar-refractivity contribution in [1.29, 1.82) is 0 Å². The number of carbonyl (C=O) groups is 11. The number of benzene rings is 1. The number of nitrogens with two attached hydrogens (primary N) is 4. The molecule has 0 saturated carbocycles. The predicted molar refractivity (Wildman–Crippen MR) is 257 cm³/mol. The molecule has 1 heterocycles. The molecule has 0 radical (unpaired) electrons. The average molecular weight is 1010 g/mol. The summed E-state index contributed by atoms with van der Waals surface area (Å²) in [4.78, 5) is 145. The molecule has 0 spiro atoms. The molecule has 0 unspecified atom stereocenters. The molecule has 1 aromatic carbocycles. The SMILES string of the molecule is CC[C@H](C)[C@H](NC(=O)[C@H](Cc1ccc(O)cc1)NC(=O)[C@@H](N)CS)C(=O)N[C@H](CCC(N)=O)C(=O)N[C@@H](CC(N)=O)C(=O)N[C@@H](CS)C(=O)N1CCC[C@H]1C(=O)N[C@@H](CC(C)C)C(=O)NCC(N)=O. The van der Waals surface area contributed by atoms with Crippen LogP contribution in [0, 0.1) is 11.8 Å². The maximum absolute atomic E-state index is 14.0. The predicted octanol–water partition coefficient (Wildman–Crippen LogP) is -4.14. The molecule has 69 heavy (non-hydrogen) atoms. The van der Waals surface area contributed by atoms with Crippen molar-refractivity contribution < 1.29 is 57.8 Å². The number of phenols is 1. The number of rotatable bonds is 29. The fraction of sp³-hybridized carbons (Fsp3) is 0.605. The maximum Gasteiger partial charge on any atom is 0.246 e. The van der Waals surface area contributed by atoms with Gasteiger partial charge in [-0.1, -0.05) is 46.2 Å². The van der Waals surface area contributed by atoms with Crippen molar-refractivity contribution >= 4 is 90.2 Å². The number of aromatic hydroxyl groups is 1. The van der Waals surface area contributed by atoms with Crippen LogP contribution in [-0.4, -0.2) is 148 Å². The van der Waals surface area contributed by atoms with E-state index >= 15 is 0 Å². The van der Waals surface area contributed by atoms with Crippen molar-refractivity contribution in [2.24, 2.45) is 34.8 Å². The van der Waals surface area contributed by atoms with Crippen LogP contribution in [0.1, 0.15) is 78.2 Å². The lowest BCUT2D eigenvalue weighted by Crippen LogP contribution is -2.61. The van der Waals surface area contributed by atoms with Crippen molar-refractivity contribution in [3.8, 4) is 5.75 Å². The van der Waals surface area contributed by atoms with Gasteiger partial charge in [0, 0.05) is 30.9 Å². The second-order valence-corrected chi connectivity index (χ2v) is 17.9. The van der Waals surface area contributed by atoms with Crippen LogP contribution >= 0.6 is 25.3 Å². The normalized spacial score (nSPS) is 16.8. The molecule has 1 aliphatic heterocycles. The number of nitrogens with zero attached hydrogens (tertiary/aromatic N) is 1. The van der Waals surface area contributed by atoms with Crippen LogP contribution in [0.25, 0.3) is 0 Å². The van der Waals surface area contributed by atoms with Gasteiger partial charge < -0.3 is 70.2 Å². The molecule has 16 N–H and O–H groups in total. The number of hydrogen-bond donors (Lipinski definition) is 14. The summed E-state index contributed by atoms with van der Waals surface area (Å²) in [5.74, 6) is -10.5.